The molecule has 6 heteroatoms. The van der Waals surface area contributed by atoms with Gasteiger partial charge in [-0.2, -0.15) is 0 Å². The van der Waals surface area contributed by atoms with E-state index < -0.39 is 14.2 Å². The van der Waals surface area contributed by atoms with Crippen LogP contribution >= 0.6 is 0 Å². The van der Waals surface area contributed by atoms with Crippen molar-refractivity contribution in [2.75, 3.05) is 0 Å². The maximum absolute atomic E-state index is 6.22. The summed E-state index contributed by atoms with van der Waals surface area (Å²) in [6.45, 7) is 16.9. The Hall–Kier alpha value is -0.810. The van der Waals surface area contributed by atoms with E-state index in [0.29, 0.717) is 0 Å². The van der Waals surface area contributed by atoms with Gasteiger partial charge in [0.2, 0.25) is 0 Å². The summed E-state index contributed by atoms with van der Waals surface area (Å²) in [5, 5.41) is 0. The molecule has 0 atom stereocenters. The topological polar surface area (TPSA) is 36.9 Å². The second kappa shape index (κ2) is 6.37. The maximum Gasteiger partial charge on any atom is 0.494 e. The highest BCUT2D eigenvalue weighted by atomic mass is 16.6. The lowest BCUT2D eigenvalue weighted by molar-refractivity contribution is -0.0720. The molecule has 2 heterocycles. The zero-order valence-electron chi connectivity index (χ0n) is 17.5. The van der Waals surface area contributed by atoms with Gasteiger partial charge in [0.1, 0.15) is 0 Å². The second-order valence-electron chi connectivity index (χ2n) is 10.2. The third-order valence-corrected chi connectivity index (χ3v) is 4.86. The Kier molecular flexibility index (Phi) is 4.88. The molecule has 0 N–H and O–H groups in total. The molecular formula is C20H32B2O4. The van der Waals surface area contributed by atoms with Crippen LogP contribution in [0.4, 0.5) is 0 Å². The monoisotopic (exact) mass is 358 g/mol. The fraction of sp³-hybridized carbons (Fsp3) is 0.700. The molecule has 0 spiro atoms. The fourth-order valence-electron chi connectivity index (χ4n) is 4.55. The molecule has 3 rings (SSSR count). The van der Waals surface area contributed by atoms with Crippen LogP contribution in [0.3, 0.4) is 0 Å². The SMILES string of the molecule is CC1(C)CC(C)(C)OB(c2cccc(B3OC(C)(C)CC(C)(C)O3)c2)O1. The lowest BCUT2D eigenvalue weighted by Gasteiger charge is -2.45. The average molecular weight is 358 g/mol. The summed E-state index contributed by atoms with van der Waals surface area (Å²) in [6.07, 6.45) is 1.71. The van der Waals surface area contributed by atoms with E-state index in [1.807, 2.05) is 18.2 Å². The first-order valence-electron chi connectivity index (χ1n) is 9.57. The Morgan fingerprint density at radius 1 is 0.615 bits per heavy atom. The number of hydrogen-bond acceptors (Lipinski definition) is 4. The Morgan fingerprint density at radius 3 is 1.23 bits per heavy atom. The van der Waals surface area contributed by atoms with Crippen LogP contribution in [0, 0.1) is 0 Å². The first-order valence-corrected chi connectivity index (χ1v) is 9.57. The molecule has 0 aliphatic carbocycles. The fourth-order valence-corrected chi connectivity index (χ4v) is 4.55. The molecule has 2 saturated heterocycles. The van der Waals surface area contributed by atoms with E-state index in [1.54, 1.807) is 0 Å². The van der Waals surface area contributed by atoms with Gasteiger partial charge < -0.3 is 18.6 Å². The van der Waals surface area contributed by atoms with E-state index in [-0.39, 0.29) is 22.4 Å². The zero-order chi connectivity index (χ0) is 19.4. The van der Waals surface area contributed by atoms with Crippen molar-refractivity contribution in [1.82, 2.24) is 0 Å². The minimum absolute atomic E-state index is 0.232. The van der Waals surface area contributed by atoms with Gasteiger partial charge in [-0.1, -0.05) is 24.3 Å². The molecule has 0 bridgehead atoms. The van der Waals surface area contributed by atoms with E-state index in [4.69, 9.17) is 18.6 Å². The van der Waals surface area contributed by atoms with Gasteiger partial charge in [0.15, 0.2) is 0 Å². The van der Waals surface area contributed by atoms with Crippen LogP contribution in [0.25, 0.3) is 0 Å². The molecule has 0 saturated carbocycles. The summed E-state index contributed by atoms with van der Waals surface area (Å²) in [5.41, 5.74) is 1.07. The largest absolute Gasteiger partial charge is 0.494 e. The Bertz CT molecular complexity index is 584. The minimum atomic E-state index is -0.390. The molecule has 26 heavy (non-hydrogen) atoms. The van der Waals surface area contributed by atoms with E-state index >= 15 is 0 Å². The van der Waals surface area contributed by atoms with Crippen LogP contribution in [0.15, 0.2) is 24.3 Å². The van der Waals surface area contributed by atoms with Crippen molar-refractivity contribution in [3.05, 3.63) is 24.3 Å². The van der Waals surface area contributed by atoms with Gasteiger partial charge in [0, 0.05) is 12.8 Å². The van der Waals surface area contributed by atoms with Crippen LogP contribution in [-0.4, -0.2) is 36.6 Å². The third kappa shape index (κ3) is 4.72. The van der Waals surface area contributed by atoms with Gasteiger partial charge in [0.05, 0.1) is 22.4 Å². The first-order chi connectivity index (χ1) is 11.8. The predicted molar refractivity (Wildman–Crippen MR) is 107 cm³/mol. The lowest BCUT2D eigenvalue weighted by atomic mass is 9.67. The highest BCUT2D eigenvalue weighted by Gasteiger charge is 2.46. The summed E-state index contributed by atoms with van der Waals surface area (Å²) in [5.74, 6) is 0. The van der Waals surface area contributed by atoms with Crippen molar-refractivity contribution in [2.45, 2.75) is 90.6 Å². The molecule has 1 aromatic rings. The van der Waals surface area contributed by atoms with E-state index in [2.05, 4.69) is 61.5 Å². The highest BCUT2D eigenvalue weighted by Crippen LogP contribution is 2.34. The summed E-state index contributed by atoms with van der Waals surface area (Å²) in [6, 6.07) is 8.20. The van der Waals surface area contributed by atoms with Gasteiger partial charge in [-0.3, -0.25) is 0 Å². The van der Waals surface area contributed by atoms with Crippen LogP contribution in [0.5, 0.6) is 0 Å². The molecule has 2 fully saturated rings. The summed E-state index contributed by atoms with van der Waals surface area (Å²) in [7, 11) is -0.781. The van der Waals surface area contributed by atoms with E-state index in [0.717, 1.165) is 23.8 Å². The van der Waals surface area contributed by atoms with Gasteiger partial charge in [0.25, 0.3) is 0 Å². The summed E-state index contributed by atoms with van der Waals surface area (Å²) in [4.78, 5) is 0. The number of benzene rings is 1. The van der Waals surface area contributed by atoms with Crippen molar-refractivity contribution >= 4 is 25.2 Å². The molecule has 4 nitrogen and oxygen atoms in total. The molecule has 1 aromatic carbocycles. The molecule has 0 aromatic heterocycles. The normalized spacial score (nSPS) is 26.6. The van der Waals surface area contributed by atoms with Crippen molar-refractivity contribution in [3.8, 4) is 0 Å². The Balaban J connectivity index is 1.87. The zero-order valence-corrected chi connectivity index (χ0v) is 17.5. The quantitative estimate of drug-likeness (QED) is 0.762. The second-order valence-corrected chi connectivity index (χ2v) is 10.2. The molecule has 142 valence electrons. The number of rotatable bonds is 2. The van der Waals surface area contributed by atoms with Crippen LogP contribution in [0.2, 0.25) is 0 Å². The summed E-state index contributed by atoms with van der Waals surface area (Å²) < 4.78 is 24.9. The summed E-state index contributed by atoms with van der Waals surface area (Å²) >= 11 is 0. The van der Waals surface area contributed by atoms with Crippen molar-refractivity contribution in [3.63, 3.8) is 0 Å². The predicted octanol–water partition coefficient (Wildman–Crippen LogP) is 3.07. The molecular weight excluding hydrogens is 326 g/mol. The van der Waals surface area contributed by atoms with Crippen LogP contribution < -0.4 is 10.9 Å². The minimum Gasteiger partial charge on any atom is -0.402 e. The van der Waals surface area contributed by atoms with E-state index in [9.17, 15) is 0 Å². The molecule has 0 amide bonds. The molecule has 2 aliphatic heterocycles. The smallest absolute Gasteiger partial charge is 0.402 e. The maximum atomic E-state index is 6.22. The van der Waals surface area contributed by atoms with Crippen molar-refractivity contribution < 1.29 is 18.6 Å². The van der Waals surface area contributed by atoms with Gasteiger partial charge in [-0.05, 0) is 66.3 Å². The Morgan fingerprint density at radius 2 is 0.923 bits per heavy atom. The molecule has 0 radical (unpaired) electrons. The number of hydrogen-bond donors (Lipinski definition) is 0. The molecule has 2 aliphatic rings. The van der Waals surface area contributed by atoms with Crippen molar-refractivity contribution in [1.29, 1.82) is 0 Å². The third-order valence-electron chi connectivity index (χ3n) is 4.86. The first kappa shape index (κ1) is 19.9. The van der Waals surface area contributed by atoms with Gasteiger partial charge >= 0.3 is 14.2 Å². The van der Waals surface area contributed by atoms with Gasteiger partial charge in [-0.15, -0.1) is 0 Å². The Labute approximate surface area is 159 Å². The lowest BCUT2D eigenvalue weighted by Crippen LogP contribution is -2.58. The van der Waals surface area contributed by atoms with Crippen LogP contribution in [0.1, 0.15) is 68.2 Å². The van der Waals surface area contributed by atoms with Crippen LogP contribution in [-0.2, 0) is 18.6 Å². The highest BCUT2D eigenvalue weighted by molar-refractivity contribution is 6.65. The average Bonchev–Trinajstić information content (AvgIpc) is 2.41. The van der Waals surface area contributed by atoms with Crippen molar-refractivity contribution in [2.24, 2.45) is 0 Å². The molecule has 0 unspecified atom stereocenters. The standard InChI is InChI=1S/C20H32B2O4/c1-17(2)13-18(3,4)24-21(23-17)15-10-9-11-16(12-15)22-25-19(5,6)14-20(7,8)26-22/h9-12H,13-14H2,1-8H3. The van der Waals surface area contributed by atoms with Gasteiger partial charge in [-0.25, -0.2) is 0 Å². The van der Waals surface area contributed by atoms with E-state index in [1.165, 1.54) is 0 Å².